The van der Waals surface area contributed by atoms with Crippen LogP contribution in [0.25, 0.3) is 11.1 Å². The van der Waals surface area contributed by atoms with Crippen LogP contribution in [-0.2, 0) is 0 Å². The maximum Gasteiger partial charge on any atom is 0.251 e. The maximum absolute atomic E-state index is 12.6. The second-order valence-electron chi connectivity index (χ2n) is 7.46. The van der Waals surface area contributed by atoms with Crippen molar-refractivity contribution < 1.29 is 9.59 Å². The molecule has 1 N–H and O–H groups in total. The van der Waals surface area contributed by atoms with Crippen LogP contribution < -0.4 is 5.32 Å². The fourth-order valence-corrected chi connectivity index (χ4v) is 4.01. The molecule has 1 aliphatic heterocycles. The van der Waals surface area contributed by atoms with Crippen LogP contribution in [0.4, 0.5) is 0 Å². The molecular weight excluding hydrogens is 324 g/mol. The van der Waals surface area contributed by atoms with Gasteiger partial charge in [-0.05, 0) is 55.1 Å². The quantitative estimate of drug-likeness (QED) is 0.769. The van der Waals surface area contributed by atoms with Gasteiger partial charge in [0.25, 0.3) is 5.91 Å². The predicted octanol–water partition coefficient (Wildman–Crippen LogP) is 3.36. The van der Waals surface area contributed by atoms with Crippen molar-refractivity contribution in [3.05, 3.63) is 59.2 Å². The van der Waals surface area contributed by atoms with E-state index in [2.05, 4.69) is 17.1 Å². The first-order valence-corrected chi connectivity index (χ1v) is 9.42. The zero-order valence-electron chi connectivity index (χ0n) is 15.1. The van der Waals surface area contributed by atoms with Gasteiger partial charge >= 0.3 is 0 Å². The minimum Gasteiger partial charge on any atom is -0.352 e. The van der Waals surface area contributed by atoms with Crippen molar-refractivity contribution in [1.82, 2.24) is 10.2 Å². The summed E-state index contributed by atoms with van der Waals surface area (Å²) >= 11 is 0. The number of likely N-dealkylation sites (tertiary alicyclic amines) is 1. The fraction of sp³-hybridized carbons (Fsp3) is 0.364. The number of nitrogens with one attached hydrogen (secondary N) is 1. The first kappa shape index (κ1) is 17.0. The van der Waals surface area contributed by atoms with Crippen molar-refractivity contribution in [3.63, 3.8) is 0 Å². The normalized spacial score (nSPS) is 17.0. The second-order valence-corrected chi connectivity index (χ2v) is 7.46. The van der Waals surface area contributed by atoms with Gasteiger partial charge in [0.2, 0.25) is 0 Å². The van der Waals surface area contributed by atoms with Crippen molar-refractivity contribution in [2.75, 3.05) is 26.2 Å². The van der Waals surface area contributed by atoms with Crippen molar-refractivity contribution in [2.45, 2.75) is 19.8 Å². The number of amides is 1. The van der Waals surface area contributed by atoms with Crippen LogP contribution in [-0.4, -0.2) is 42.8 Å². The second kappa shape index (κ2) is 7.04. The van der Waals surface area contributed by atoms with Crippen molar-refractivity contribution >= 4 is 11.7 Å². The first-order chi connectivity index (χ1) is 12.6. The molecule has 1 saturated heterocycles. The summed E-state index contributed by atoms with van der Waals surface area (Å²) in [5.74, 6) is 0.315. The Morgan fingerprint density at radius 3 is 2.50 bits per heavy atom. The molecule has 2 aliphatic rings. The van der Waals surface area contributed by atoms with E-state index < -0.39 is 0 Å². The number of carbonyl (C=O) groups excluding carboxylic acids is 2. The van der Waals surface area contributed by atoms with E-state index in [1.165, 1.54) is 25.9 Å². The van der Waals surface area contributed by atoms with Gasteiger partial charge in [-0.2, -0.15) is 0 Å². The van der Waals surface area contributed by atoms with Gasteiger partial charge in [0.15, 0.2) is 5.78 Å². The van der Waals surface area contributed by atoms with Crippen LogP contribution in [0.15, 0.2) is 42.5 Å². The lowest BCUT2D eigenvalue weighted by Crippen LogP contribution is -2.34. The maximum atomic E-state index is 12.6. The summed E-state index contributed by atoms with van der Waals surface area (Å²) in [4.78, 5) is 27.6. The molecule has 2 aromatic rings. The van der Waals surface area contributed by atoms with Gasteiger partial charge in [-0.3, -0.25) is 9.59 Å². The average molecular weight is 348 g/mol. The molecule has 1 aliphatic carbocycles. The number of ketones is 1. The predicted molar refractivity (Wildman–Crippen MR) is 102 cm³/mol. The summed E-state index contributed by atoms with van der Waals surface area (Å²) in [6, 6.07) is 13.0. The minimum absolute atomic E-state index is 0.00708. The number of nitrogens with zero attached hydrogens (tertiary/aromatic N) is 1. The molecule has 26 heavy (non-hydrogen) atoms. The summed E-state index contributed by atoms with van der Waals surface area (Å²) in [6.07, 6.45) is 2.56. The zero-order valence-corrected chi connectivity index (χ0v) is 15.1. The molecule has 1 atom stereocenters. The standard InChI is InChI=1S/C22H24N2O2/c1-15(14-24-10-4-5-11-24)13-23-22(26)16-8-9-18-17-6-2-3-7-19(17)21(25)20(18)12-16/h2-3,6-9,12,15H,4-5,10-11,13-14H2,1H3,(H,23,26). The average Bonchev–Trinajstić information content (AvgIpc) is 3.27. The Hall–Kier alpha value is -2.46. The van der Waals surface area contributed by atoms with Gasteiger partial charge in [0.1, 0.15) is 0 Å². The van der Waals surface area contributed by atoms with Gasteiger partial charge in [-0.15, -0.1) is 0 Å². The van der Waals surface area contributed by atoms with E-state index in [0.717, 1.165) is 23.2 Å². The Bertz CT molecular complexity index is 853. The summed E-state index contributed by atoms with van der Waals surface area (Å²) in [6.45, 7) is 6.19. The van der Waals surface area contributed by atoms with Crippen molar-refractivity contribution in [3.8, 4) is 11.1 Å². The van der Waals surface area contributed by atoms with Gasteiger partial charge in [-0.25, -0.2) is 0 Å². The van der Waals surface area contributed by atoms with Crippen LogP contribution in [0, 0.1) is 5.92 Å². The molecule has 0 spiro atoms. The summed E-state index contributed by atoms with van der Waals surface area (Å²) in [7, 11) is 0. The van der Waals surface area contributed by atoms with E-state index in [9.17, 15) is 9.59 Å². The first-order valence-electron chi connectivity index (χ1n) is 9.42. The highest BCUT2D eigenvalue weighted by atomic mass is 16.1. The molecule has 134 valence electrons. The number of benzene rings is 2. The monoisotopic (exact) mass is 348 g/mol. The lowest BCUT2D eigenvalue weighted by Gasteiger charge is -2.20. The van der Waals surface area contributed by atoms with E-state index in [0.29, 0.717) is 23.6 Å². The Morgan fingerprint density at radius 2 is 1.73 bits per heavy atom. The van der Waals surface area contributed by atoms with E-state index >= 15 is 0 Å². The van der Waals surface area contributed by atoms with Gasteiger partial charge < -0.3 is 10.2 Å². The molecule has 0 saturated carbocycles. The highest BCUT2D eigenvalue weighted by Gasteiger charge is 2.27. The van der Waals surface area contributed by atoms with Crippen LogP contribution in [0.3, 0.4) is 0 Å². The lowest BCUT2D eigenvalue weighted by molar-refractivity contribution is 0.0945. The van der Waals surface area contributed by atoms with Crippen LogP contribution in [0.1, 0.15) is 46.0 Å². The van der Waals surface area contributed by atoms with Crippen molar-refractivity contribution in [1.29, 1.82) is 0 Å². The van der Waals surface area contributed by atoms with Gasteiger partial charge in [-0.1, -0.05) is 37.3 Å². The van der Waals surface area contributed by atoms with E-state index in [1.54, 1.807) is 6.07 Å². The summed E-state index contributed by atoms with van der Waals surface area (Å²) < 4.78 is 0. The highest BCUT2D eigenvalue weighted by Crippen LogP contribution is 2.36. The van der Waals surface area contributed by atoms with Gasteiger partial charge in [0, 0.05) is 29.8 Å². The molecule has 4 rings (SSSR count). The third kappa shape index (κ3) is 3.17. The molecule has 1 heterocycles. The molecule has 0 radical (unpaired) electrons. The number of fused-ring (bicyclic) bond motifs is 3. The Balaban J connectivity index is 1.42. The Labute approximate surface area is 154 Å². The van der Waals surface area contributed by atoms with Crippen molar-refractivity contribution in [2.24, 2.45) is 5.92 Å². The van der Waals surface area contributed by atoms with E-state index in [-0.39, 0.29) is 11.7 Å². The molecule has 0 aromatic heterocycles. The number of hydrogen-bond donors (Lipinski definition) is 1. The molecule has 1 unspecified atom stereocenters. The Morgan fingerprint density at radius 1 is 1.04 bits per heavy atom. The van der Waals surface area contributed by atoms with E-state index in [4.69, 9.17) is 0 Å². The summed E-state index contributed by atoms with van der Waals surface area (Å²) in [5.41, 5.74) is 3.78. The zero-order chi connectivity index (χ0) is 18.1. The molecule has 4 heteroatoms. The number of hydrogen-bond acceptors (Lipinski definition) is 3. The fourth-order valence-electron chi connectivity index (χ4n) is 4.01. The largest absolute Gasteiger partial charge is 0.352 e. The molecule has 4 nitrogen and oxygen atoms in total. The smallest absolute Gasteiger partial charge is 0.251 e. The third-order valence-electron chi connectivity index (χ3n) is 5.37. The van der Waals surface area contributed by atoms with Gasteiger partial charge in [0.05, 0.1) is 0 Å². The van der Waals surface area contributed by atoms with Crippen LogP contribution in [0.5, 0.6) is 0 Å². The molecule has 2 aromatic carbocycles. The third-order valence-corrected chi connectivity index (χ3v) is 5.37. The van der Waals surface area contributed by atoms with Crippen LogP contribution in [0.2, 0.25) is 0 Å². The SMILES string of the molecule is CC(CNC(=O)c1ccc2c(c1)C(=O)c1ccccc1-2)CN1CCCC1. The minimum atomic E-state index is -0.107. The molecule has 0 bridgehead atoms. The van der Waals surface area contributed by atoms with Crippen LogP contribution >= 0.6 is 0 Å². The number of rotatable bonds is 5. The topological polar surface area (TPSA) is 49.4 Å². The lowest BCUT2D eigenvalue weighted by atomic mass is 10.0. The molecule has 1 fully saturated rings. The number of carbonyl (C=O) groups is 2. The summed E-state index contributed by atoms with van der Waals surface area (Å²) in [5, 5.41) is 3.02. The Kier molecular flexibility index (Phi) is 4.60. The molecular formula is C22H24N2O2. The molecule has 1 amide bonds. The van der Waals surface area contributed by atoms with E-state index in [1.807, 2.05) is 36.4 Å². The highest BCUT2D eigenvalue weighted by molar-refractivity contribution is 6.22.